The molecule has 150 valence electrons. The van der Waals surface area contributed by atoms with Gasteiger partial charge in [-0.3, -0.25) is 4.79 Å². The van der Waals surface area contributed by atoms with Crippen LogP contribution in [-0.2, 0) is 14.6 Å². The Morgan fingerprint density at radius 1 is 1.17 bits per heavy atom. The van der Waals surface area contributed by atoms with E-state index in [9.17, 15) is 17.6 Å². The van der Waals surface area contributed by atoms with E-state index in [0.717, 1.165) is 6.26 Å². The number of likely N-dealkylation sites (N-methyl/N-ethyl adjacent to an activating group) is 1. The third-order valence-corrected chi connectivity index (χ3v) is 7.28. The molecule has 2 aromatic carbocycles. The summed E-state index contributed by atoms with van der Waals surface area (Å²) in [6, 6.07) is 9.39. The first-order valence-electron chi connectivity index (χ1n) is 8.37. The number of fused-ring (bicyclic) bond motifs is 2. The van der Waals surface area contributed by atoms with Crippen LogP contribution in [0.15, 0.2) is 41.3 Å². The molecule has 0 aliphatic heterocycles. The van der Waals surface area contributed by atoms with Gasteiger partial charge in [0.15, 0.2) is 20.1 Å². The summed E-state index contributed by atoms with van der Waals surface area (Å²) in [7, 11) is -1.62. The maximum Gasteiger partial charge on any atom is 0.245 e. The van der Waals surface area contributed by atoms with E-state index in [2.05, 4.69) is 15.3 Å². The molecule has 1 amide bonds. The van der Waals surface area contributed by atoms with Gasteiger partial charge in [0.05, 0.1) is 26.4 Å². The van der Waals surface area contributed by atoms with Gasteiger partial charge in [0, 0.05) is 13.3 Å². The smallest absolute Gasteiger partial charge is 0.245 e. The Hall–Kier alpha value is -2.63. The number of nitrogens with one attached hydrogen (secondary N) is 1. The van der Waals surface area contributed by atoms with E-state index in [1.165, 1.54) is 34.8 Å². The van der Waals surface area contributed by atoms with E-state index in [0.29, 0.717) is 25.2 Å². The Kier molecular flexibility index (Phi) is 4.97. The van der Waals surface area contributed by atoms with E-state index >= 15 is 0 Å². The highest BCUT2D eigenvalue weighted by molar-refractivity contribution is 7.90. The van der Waals surface area contributed by atoms with Crippen LogP contribution in [0.5, 0.6) is 0 Å². The molecule has 0 saturated heterocycles. The zero-order valence-electron chi connectivity index (χ0n) is 15.3. The summed E-state index contributed by atoms with van der Waals surface area (Å²) in [6.07, 6.45) is 1.14. The molecule has 1 N–H and O–H groups in total. The minimum absolute atomic E-state index is 0.00591. The molecule has 0 spiro atoms. The molecule has 4 aromatic rings. The number of anilines is 2. The molecule has 0 unspecified atom stereocenters. The van der Waals surface area contributed by atoms with Crippen molar-refractivity contribution in [3.05, 3.63) is 42.2 Å². The first-order valence-corrected chi connectivity index (χ1v) is 11.9. The van der Waals surface area contributed by atoms with Gasteiger partial charge < -0.3 is 10.2 Å². The van der Waals surface area contributed by atoms with Crippen molar-refractivity contribution in [2.75, 3.05) is 30.1 Å². The number of para-hydroxylation sites is 1. The van der Waals surface area contributed by atoms with Crippen LogP contribution in [0.4, 0.5) is 14.7 Å². The Labute approximate surface area is 173 Å². The molecule has 0 saturated carbocycles. The number of nitrogens with zero attached hydrogens (tertiary/aromatic N) is 3. The average molecular weight is 451 g/mol. The second kappa shape index (κ2) is 7.32. The van der Waals surface area contributed by atoms with Crippen molar-refractivity contribution in [3.8, 4) is 0 Å². The number of thiazole rings is 2. The van der Waals surface area contributed by atoms with Crippen molar-refractivity contribution < 1.29 is 17.6 Å². The van der Waals surface area contributed by atoms with Crippen molar-refractivity contribution in [2.24, 2.45) is 0 Å². The lowest BCUT2D eigenvalue weighted by atomic mass is 10.3. The number of hydrogen-bond acceptors (Lipinski definition) is 8. The van der Waals surface area contributed by atoms with E-state index < -0.39 is 15.7 Å². The molecule has 2 heterocycles. The summed E-state index contributed by atoms with van der Waals surface area (Å²) in [5.74, 6) is -0.708. The molecule has 0 radical (unpaired) electrons. The maximum absolute atomic E-state index is 13.8. The molecule has 0 bridgehead atoms. The standard InChI is InChI=1S/C18H15FN4O3S3/c1-23(18-22-16-11(19)4-3-5-13(16)28-18)9-15(24)21-17-20-12-7-6-10(29(2,25)26)8-14(12)27-17/h3-8H,9H2,1-2H3,(H,20,21,24). The van der Waals surface area contributed by atoms with Gasteiger partial charge in [-0.15, -0.1) is 0 Å². The highest BCUT2D eigenvalue weighted by Crippen LogP contribution is 2.30. The summed E-state index contributed by atoms with van der Waals surface area (Å²) in [4.78, 5) is 22.8. The average Bonchev–Trinajstić information content (AvgIpc) is 3.24. The highest BCUT2D eigenvalue weighted by atomic mass is 32.2. The normalized spacial score (nSPS) is 11.8. The molecule has 0 aliphatic rings. The van der Waals surface area contributed by atoms with Gasteiger partial charge in [0.25, 0.3) is 0 Å². The van der Waals surface area contributed by atoms with Crippen molar-refractivity contribution in [2.45, 2.75) is 4.90 Å². The Bertz CT molecular complexity index is 1350. The monoisotopic (exact) mass is 450 g/mol. The summed E-state index contributed by atoms with van der Waals surface area (Å²) in [5, 5.41) is 3.62. The third-order valence-electron chi connectivity index (χ3n) is 4.10. The molecule has 7 nitrogen and oxygen atoms in total. The van der Waals surface area contributed by atoms with Crippen LogP contribution in [0, 0.1) is 5.82 Å². The van der Waals surface area contributed by atoms with Gasteiger partial charge in [-0.1, -0.05) is 28.7 Å². The van der Waals surface area contributed by atoms with Gasteiger partial charge in [0.2, 0.25) is 5.91 Å². The molecule has 2 aromatic heterocycles. The number of amides is 1. The predicted molar refractivity (Wildman–Crippen MR) is 114 cm³/mol. The van der Waals surface area contributed by atoms with Crippen LogP contribution >= 0.6 is 22.7 Å². The topological polar surface area (TPSA) is 92.3 Å². The molecule has 0 atom stereocenters. The fourth-order valence-corrected chi connectivity index (χ4v) is 5.28. The number of hydrogen-bond donors (Lipinski definition) is 1. The highest BCUT2D eigenvalue weighted by Gasteiger charge is 2.16. The van der Waals surface area contributed by atoms with Crippen molar-refractivity contribution >= 4 is 69.1 Å². The minimum Gasteiger partial charge on any atom is -0.342 e. The van der Waals surface area contributed by atoms with Gasteiger partial charge >= 0.3 is 0 Å². The molecule has 0 aliphatic carbocycles. The largest absolute Gasteiger partial charge is 0.342 e. The van der Waals surface area contributed by atoms with E-state index in [4.69, 9.17) is 0 Å². The summed E-state index contributed by atoms with van der Waals surface area (Å²) < 4.78 is 38.6. The molecular formula is C18H15FN4O3S3. The molecule has 0 fully saturated rings. The second-order valence-corrected chi connectivity index (χ2v) is 10.5. The fourth-order valence-electron chi connectivity index (χ4n) is 2.70. The lowest BCUT2D eigenvalue weighted by molar-refractivity contribution is -0.114. The van der Waals surface area contributed by atoms with Gasteiger partial charge in [-0.25, -0.2) is 22.8 Å². The van der Waals surface area contributed by atoms with Crippen LogP contribution in [0.1, 0.15) is 0 Å². The SMILES string of the molecule is CN(CC(=O)Nc1nc2ccc(S(C)(=O)=O)cc2s1)c1nc2c(F)cccc2s1. The zero-order valence-corrected chi connectivity index (χ0v) is 17.8. The fraction of sp³-hybridized carbons (Fsp3) is 0.167. The van der Waals surface area contributed by atoms with Crippen LogP contribution in [-0.4, -0.2) is 44.1 Å². The number of benzene rings is 2. The van der Waals surface area contributed by atoms with Crippen LogP contribution in [0.3, 0.4) is 0 Å². The van der Waals surface area contributed by atoms with Gasteiger partial charge in [0.1, 0.15) is 11.3 Å². The predicted octanol–water partition coefficient (Wildman–Crippen LogP) is 3.52. The Morgan fingerprint density at radius 2 is 1.97 bits per heavy atom. The quantitative estimate of drug-likeness (QED) is 0.500. The summed E-state index contributed by atoms with van der Waals surface area (Å²) in [6.45, 7) is 0.00591. The molecule has 29 heavy (non-hydrogen) atoms. The maximum atomic E-state index is 13.8. The number of rotatable bonds is 5. The van der Waals surface area contributed by atoms with Gasteiger partial charge in [-0.2, -0.15) is 0 Å². The first-order chi connectivity index (χ1) is 13.7. The van der Waals surface area contributed by atoms with Crippen LogP contribution < -0.4 is 10.2 Å². The van der Waals surface area contributed by atoms with Crippen LogP contribution in [0.25, 0.3) is 20.4 Å². The summed E-state index contributed by atoms with van der Waals surface area (Å²) in [5.41, 5.74) is 0.889. The van der Waals surface area contributed by atoms with Crippen molar-refractivity contribution in [3.63, 3.8) is 0 Å². The molecular weight excluding hydrogens is 435 g/mol. The van der Waals surface area contributed by atoms with Crippen LogP contribution in [0.2, 0.25) is 0 Å². The number of carbonyl (C=O) groups is 1. The summed E-state index contributed by atoms with van der Waals surface area (Å²) >= 11 is 2.50. The third kappa shape index (κ3) is 4.07. The number of halogens is 1. The van der Waals surface area contributed by atoms with Crippen molar-refractivity contribution in [1.29, 1.82) is 0 Å². The minimum atomic E-state index is -3.32. The molecule has 11 heteroatoms. The number of sulfone groups is 1. The Balaban J connectivity index is 1.49. The first kappa shape index (κ1) is 19.7. The molecule has 4 rings (SSSR count). The van der Waals surface area contributed by atoms with Gasteiger partial charge in [-0.05, 0) is 30.3 Å². The zero-order chi connectivity index (χ0) is 20.8. The van der Waals surface area contributed by atoms with E-state index in [1.807, 2.05) is 0 Å². The second-order valence-electron chi connectivity index (χ2n) is 6.41. The number of carbonyl (C=O) groups excluding carboxylic acids is 1. The Morgan fingerprint density at radius 3 is 2.69 bits per heavy atom. The lowest BCUT2D eigenvalue weighted by Gasteiger charge is -2.14. The van der Waals surface area contributed by atoms with Crippen molar-refractivity contribution in [1.82, 2.24) is 9.97 Å². The van der Waals surface area contributed by atoms with E-state index in [1.54, 1.807) is 36.2 Å². The van der Waals surface area contributed by atoms with E-state index in [-0.39, 0.29) is 22.9 Å². The number of aromatic nitrogens is 2. The lowest BCUT2D eigenvalue weighted by Crippen LogP contribution is -2.29.